The van der Waals surface area contributed by atoms with Gasteiger partial charge in [0.05, 0.1) is 0 Å². The Morgan fingerprint density at radius 2 is 1.94 bits per heavy atom. The zero-order chi connectivity index (χ0) is 12.8. The Morgan fingerprint density at radius 1 is 1.28 bits per heavy atom. The van der Waals surface area contributed by atoms with Gasteiger partial charge in [-0.25, -0.2) is 0 Å². The van der Waals surface area contributed by atoms with Crippen molar-refractivity contribution >= 4 is 11.6 Å². The third-order valence-corrected chi connectivity index (χ3v) is 3.54. The molecule has 0 atom stereocenters. The number of anilines is 1. The number of benzene rings is 1. The van der Waals surface area contributed by atoms with Crippen LogP contribution in [0.1, 0.15) is 31.7 Å². The minimum absolute atomic E-state index is 0.0705. The summed E-state index contributed by atoms with van der Waals surface area (Å²) in [6.07, 6.45) is 4.23. The molecule has 0 aliphatic carbocycles. The molecule has 3 heteroatoms. The molecule has 3 nitrogen and oxygen atoms in total. The Morgan fingerprint density at radius 3 is 2.56 bits per heavy atom. The fraction of sp³-hybridized carbons (Fsp3) is 0.533. The van der Waals surface area contributed by atoms with Crippen LogP contribution in [0.5, 0.6) is 0 Å². The summed E-state index contributed by atoms with van der Waals surface area (Å²) in [5, 5.41) is 6.26. The Bertz CT molecular complexity index is 380. The van der Waals surface area contributed by atoms with Crippen molar-refractivity contribution in [3.63, 3.8) is 0 Å². The van der Waals surface area contributed by atoms with E-state index in [4.69, 9.17) is 0 Å². The lowest BCUT2D eigenvalue weighted by Gasteiger charge is -2.22. The Hall–Kier alpha value is -1.35. The summed E-state index contributed by atoms with van der Waals surface area (Å²) in [5.74, 6) is 0.878. The summed E-state index contributed by atoms with van der Waals surface area (Å²) in [5.41, 5.74) is 2.27. The van der Waals surface area contributed by atoms with Crippen LogP contribution in [-0.4, -0.2) is 19.0 Å². The maximum absolute atomic E-state index is 11.3. The average molecular weight is 246 g/mol. The average Bonchev–Trinajstić information content (AvgIpc) is 2.42. The molecular formula is C15H22N2O. The van der Waals surface area contributed by atoms with Crippen molar-refractivity contribution in [1.29, 1.82) is 0 Å². The van der Waals surface area contributed by atoms with Crippen molar-refractivity contribution in [3.05, 3.63) is 29.8 Å². The van der Waals surface area contributed by atoms with E-state index in [1.165, 1.54) is 18.4 Å². The van der Waals surface area contributed by atoms with Crippen LogP contribution in [0.25, 0.3) is 0 Å². The highest BCUT2D eigenvalue weighted by atomic mass is 16.1. The lowest BCUT2D eigenvalue weighted by Crippen LogP contribution is -2.28. The van der Waals surface area contributed by atoms with Crippen LogP contribution in [0.2, 0.25) is 0 Å². The van der Waals surface area contributed by atoms with E-state index in [-0.39, 0.29) is 5.91 Å². The van der Waals surface area contributed by atoms with E-state index in [2.05, 4.69) is 22.8 Å². The number of nitrogens with one attached hydrogen (secondary N) is 2. The van der Waals surface area contributed by atoms with Gasteiger partial charge in [-0.15, -0.1) is 0 Å². The molecule has 1 saturated heterocycles. The Balaban J connectivity index is 1.88. The second-order valence-corrected chi connectivity index (χ2v) is 5.00. The van der Waals surface area contributed by atoms with E-state index in [1.54, 1.807) is 0 Å². The molecule has 1 aliphatic heterocycles. The summed E-state index contributed by atoms with van der Waals surface area (Å²) in [6.45, 7) is 4.16. The van der Waals surface area contributed by atoms with E-state index in [0.29, 0.717) is 6.42 Å². The first kappa shape index (κ1) is 13.1. The molecule has 98 valence electrons. The van der Waals surface area contributed by atoms with Gasteiger partial charge in [-0.3, -0.25) is 4.79 Å². The molecule has 1 amide bonds. The van der Waals surface area contributed by atoms with E-state index < -0.39 is 0 Å². The van der Waals surface area contributed by atoms with Crippen molar-refractivity contribution in [1.82, 2.24) is 5.32 Å². The molecule has 0 saturated carbocycles. The lowest BCUT2D eigenvalue weighted by atomic mass is 9.91. The van der Waals surface area contributed by atoms with Gasteiger partial charge >= 0.3 is 0 Å². The zero-order valence-electron chi connectivity index (χ0n) is 11.0. The number of hydrogen-bond donors (Lipinski definition) is 2. The van der Waals surface area contributed by atoms with E-state index >= 15 is 0 Å². The van der Waals surface area contributed by atoms with Gasteiger partial charge in [0.2, 0.25) is 5.91 Å². The molecule has 0 spiro atoms. The molecule has 0 unspecified atom stereocenters. The molecule has 1 aromatic rings. The Labute approximate surface area is 109 Å². The van der Waals surface area contributed by atoms with Crippen molar-refractivity contribution < 1.29 is 4.79 Å². The van der Waals surface area contributed by atoms with Gasteiger partial charge in [0.25, 0.3) is 0 Å². The summed E-state index contributed by atoms with van der Waals surface area (Å²) in [4.78, 5) is 11.3. The maximum atomic E-state index is 11.3. The minimum atomic E-state index is 0.0705. The molecule has 0 radical (unpaired) electrons. The lowest BCUT2D eigenvalue weighted by molar-refractivity contribution is -0.115. The van der Waals surface area contributed by atoms with Crippen LogP contribution < -0.4 is 10.6 Å². The normalized spacial score (nSPS) is 16.5. The first-order valence-corrected chi connectivity index (χ1v) is 6.87. The molecule has 2 N–H and O–H groups in total. The number of piperidine rings is 1. The third-order valence-electron chi connectivity index (χ3n) is 3.54. The first-order valence-electron chi connectivity index (χ1n) is 6.87. The summed E-state index contributed by atoms with van der Waals surface area (Å²) < 4.78 is 0. The molecule has 18 heavy (non-hydrogen) atoms. The Kier molecular flexibility index (Phi) is 4.76. The van der Waals surface area contributed by atoms with Gasteiger partial charge < -0.3 is 10.6 Å². The van der Waals surface area contributed by atoms with Crippen molar-refractivity contribution in [2.75, 3.05) is 18.4 Å². The van der Waals surface area contributed by atoms with Crippen LogP contribution in [0.15, 0.2) is 24.3 Å². The topological polar surface area (TPSA) is 41.1 Å². The smallest absolute Gasteiger partial charge is 0.224 e. The molecule has 0 bridgehead atoms. The van der Waals surface area contributed by atoms with Gasteiger partial charge in [0.1, 0.15) is 0 Å². The molecule has 0 aromatic heterocycles. The highest BCUT2D eigenvalue weighted by molar-refractivity contribution is 5.90. The van der Waals surface area contributed by atoms with Gasteiger partial charge in [0.15, 0.2) is 0 Å². The minimum Gasteiger partial charge on any atom is -0.326 e. The van der Waals surface area contributed by atoms with Crippen LogP contribution in [-0.2, 0) is 11.2 Å². The maximum Gasteiger partial charge on any atom is 0.224 e. The summed E-state index contributed by atoms with van der Waals surface area (Å²) in [7, 11) is 0. The fourth-order valence-electron chi connectivity index (χ4n) is 2.39. The van der Waals surface area contributed by atoms with E-state index in [0.717, 1.165) is 31.1 Å². The van der Waals surface area contributed by atoms with Gasteiger partial charge in [0, 0.05) is 12.1 Å². The second-order valence-electron chi connectivity index (χ2n) is 5.00. The molecule has 1 aromatic carbocycles. The largest absolute Gasteiger partial charge is 0.326 e. The number of hydrogen-bond acceptors (Lipinski definition) is 2. The van der Waals surface area contributed by atoms with Crippen molar-refractivity contribution in [2.45, 2.75) is 32.6 Å². The monoisotopic (exact) mass is 246 g/mol. The number of carbonyl (C=O) groups excluding carboxylic acids is 1. The van der Waals surface area contributed by atoms with E-state index in [9.17, 15) is 4.79 Å². The second kappa shape index (κ2) is 6.55. The molecule has 1 fully saturated rings. The molecule has 1 aliphatic rings. The molecule has 1 heterocycles. The zero-order valence-corrected chi connectivity index (χ0v) is 11.0. The predicted molar refractivity (Wildman–Crippen MR) is 74.7 cm³/mol. The van der Waals surface area contributed by atoms with Gasteiger partial charge in [-0.05, 0) is 56.0 Å². The van der Waals surface area contributed by atoms with Gasteiger partial charge in [-0.2, -0.15) is 0 Å². The van der Waals surface area contributed by atoms with Crippen LogP contribution in [0.4, 0.5) is 5.69 Å². The molecule has 2 rings (SSSR count). The molecular weight excluding hydrogens is 224 g/mol. The summed E-state index contributed by atoms with van der Waals surface area (Å²) in [6, 6.07) is 8.27. The van der Waals surface area contributed by atoms with Crippen LogP contribution >= 0.6 is 0 Å². The highest BCUT2D eigenvalue weighted by Gasteiger charge is 2.13. The standard InChI is InChI=1S/C15H22N2O/c1-2-15(18)17-14-5-3-12(4-6-14)11-13-7-9-16-10-8-13/h3-6,13,16H,2,7-11H2,1H3,(H,17,18). The predicted octanol–water partition coefficient (Wildman–Crippen LogP) is 2.58. The fourth-order valence-corrected chi connectivity index (χ4v) is 2.39. The summed E-state index contributed by atoms with van der Waals surface area (Å²) >= 11 is 0. The highest BCUT2D eigenvalue weighted by Crippen LogP contribution is 2.19. The number of rotatable bonds is 4. The number of carbonyl (C=O) groups is 1. The van der Waals surface area contributed by atoms with Crippen LogP contribution in [0, 0.1) is 5.92 Å². The first-order chi connectivity index (χ1) is 8.78. The number of amides is 1. The van der Waals surface area contributed by atoms with Crippen LogP contribution in [0.3, 0.4) is 0 Å². The van der Waals surface area contributed by atoms with Crippen molar-refractivity contribution in [2.24, 2.45) is 5.92 Å². The van der Waals surface area contributed by atoms with Gasteiger partial charge in [-0.1, -0.05) is 19.1 Å². The third kappa shape index (κ3) is 3.84. The quantitative estimate of drug-likeness (QED) is 0.857. The van der Waals surface area contributed by atoms with Crippen molar-refractivity contribution in [3.8, 4) is 0 Å². The SMILES string of the molecule is CCC(=O)Nc1ccc(CC2CCNCC2)cc1. The van der Waals surface area contributed by atoms with E-state index in [1.807, 2.05) is 19.1 Å².